The van der Waals surface area contributed by atoms with E-state index in [0.717, 1.165) is 24.8 Å². The van der Waals surface area contributed by atoms with Gasteiger partial charge in [-0.3, -0.25) is 0 Å². The van der Waals surface area contributed by atoms with Crippen LogP contribution in [0, 0.1) is 5.92 Å². The third kappa shape index (κ3) is 2.34. The summed E-state index contributed by atoms with van der Waals surface area (Å²) in [5, 5.41) is 10.5. The van der Waals surface area contributed by atoms with E-state index in [2.05, 4.69) is 6.58 Å². The Balaban J connectivity index is 2.00. The molecular formula is C17H22O3S. The summed E-state index contributed by atoms with van der Waals surface area (Å²) in [5.41, 5.74) is -0.157. The van der Waals surface area contributed by atoms with Crippen molar-refractivity contribution in [3.8, 4) is 0 Å². The van der Waals surface area contributed by atoms with Crippen LogP contribution in [0.4, 0.5) is 0 Å². The summed E-state index contributed by atoms with van der Waals surface area (Å²) in [4.78, 5) is 0.371. The number of benzene rings is 1. The number of sulfone groups is 1. The fourth-order valence-corrected chi connectivity index (χ4v) is 6.11. The van der Waals surface area contributed by atoms with Crippen LogP contribution in [0.1, 0.15) is 38.5 Å². The SMILES string of the molecule is C=C1CC[C@H](S(=O)(=O)c2ccccc2)[C@@H]2CCCC[C@]12O. The van der Waals surface area contributed by atoms with E-state index >= 15 is 0 Å². The lowest BCUT2D eigenvalue weighted by Crippen LogP contribution is -2.53. The lowest BCUT2D eigenvalue weighted by atomic mass is 9.65. The Kier molecular flexibility index (Phi) is 3.70. The number of fused-ring (bicyclic) bond motifs is 1. The van der Waals surface area contributed by atoms with Gasteiger partial charge >= 0.3 is 0 Å². The molecule has 1 aromatic rings. The summed E-state index contributed by atoms with van der Waals surface area (Å²) in [7, 11) is -3.40. The molecular weight excluding hydrogens is 284 g/mol. The van der Waals surface area contributed by atoms with E-state index in [4.69, 9.17) is 0 Å². The fraction of sp³-hybridized carbons (Fsp3) is 0.529. The van der Waals surface area contributed by atoms with Crippen molar-refractivity contribution in [3.63, 3.8) is 0 Å². The van der Waals surface area contributed by atoms with E-state index in [1.165, 1.54) is 0 Å². The van der Waals surface area contributed by atoms with Gasteiger partial charge in [0.25, 0.3) is 0 Å². The molecule has 1 N–H and O–H groups in total. The Morgan fingerprint density at radius 1 is 1.14 bits per heavy atom. The maximum atomic E-state index is 13.0. The second-order valence-corrected chi connectivity index (χ2v) is 8.48. The highest BCUT2D eigenvalue weighted by Crippen LogP contribution is 2.49. The second-order valence-electron chi connectivity index (χ2n) is 6.32. The Bertz CT molecular complexity index is 635. The quantitative estimate of drug-likeness (QED) is 0.854. The van der Waals surface area contributed by atoms with E-state index in [9.17, 15) is 13.5 Å². The standard InChI is InChI=1S/C17H22O3S/c1-13-10-11-16(15-9-5-6-12-17(13,15)18)21(19,20)14-7-3-2-4-8-14/h2-4,7-8,15-16,18H,1,5-6,9-12H2/t15-,16-,17-/m0/s1. The summed E-state index contributed by atoms with van der Waals surface area (Å²) in [6.45, 7) is 4.01. The summed E-state index contributed by atoms with van der Waals surface area (Å²) >= 11 is 0. The van der Waals surface area contributed by atoms with Crippen molar-refractivity contribution in [1.29, 1.82) is 0 Å². The van der Waals surface area contributed by atoms with Crippen molar-refractivity contribution in [3.05, 3.63) is 42.5 Å². The maximum Gasteiger partial charge on any atom is 0.181 e. The Hall–Kier alpha value is -1.13. The maximum absolute atomic E-state index is 13.0. The third-order valence-corrected chi connectivity index (χ3v) is 7.49. The van der Waals surface area contributed by atoms with Gasteiger partial charge < -0.3 is 5.11 Å². The molecule has 0 unspecified atom stereocenters. The Morgan fingerprint density at radius 3 is 2.57 bits per heavy atom. The lowest BCUT2D eigenvalue weighted by molar-refractivity contribution is -0.0311. The van der Waals surface area contributed by atoms with E-state index in [-0.39, 0.29) is 5.92 Å². The Morgan fingerprint density at radius 2 is 1.86 bits per heavy atom. The highest BCUT2D eigenvalue weighted by Gasteiger charge is 2.51. The van der Waals surface area contributed by atoms with Crippen LogP contribution in [-0.2, 0) is 9.84 Å². The smallest absolute Gasteiger partial charge is 0.181 e. The van der Waals surface area contributed by atoms with Crippen molar-refractivity contribution in [2.45, 2.75) is 54.3 Å². The first-order valence-corrected chi connectivity index (χ1v) is 9.20. The number of aliphatic hydroxyl groups is 1. The van der Waals surface area contributed by atoms with Gasteiger partial charge in [0, 0.05) is 5.92 Å². The van der Waals surface area contributed by atoms with E-state index in [0.29, 0.717) is 24.2 Å². The molecule has 0 bridgehead atoms. The van der Waals surface area contributed by atoms with Gasteiger partial charge in [-0.1, -0.05) is 37.6 Å². The van der Waals surface area contributed by atoms with Crippen molar-refractivity contribution in [2.24, 2.45) is 5.92 Å². The monoisotopic (exact) mass is 306 g/mol. The zero-order valence-corrected chi connectivity index (χ0v) is 13.0. The molecule has 0 saturated heterocycles. The molecule has 0 aliphatic heterocycles. The minimum atomic E-state index is -3.40. The van der Waals surface area contributed by atoms with Gasteiger partial charge in [-0.15, -0.1) is 0 Å². The second kappa shape index (κ2) is 5.25. The molecule has 0 amide bonds. The fourth-order valence-electron chi connectivity index (χ4n) is 4.01. The number of hydrogen-bond donors (Lipinski definition) is 1. The molecule has 114 valence electrons. The van der Waals surface area contributed by atoms with Crippen LogP contribution >= 0.6 is 0 Å². The van der Waals surface area contributed by atoms with Crippen LogP contribution in [0.25, 0.3) is 0 Å². The molecule has 0 heterocycles. The molecule has 1 aromatic carbocycles. The van der Waals surface area contributed by atoms with Crippen LogP contribution in [0.15, 0.2) is 47.4 Å². The normalized spacial score (nSPS) is 33.5. The van der Waals surface area contributed by atoms with Crippen molar-refractivity contribution < 1.29 is 13.5 Å². The average Bonchev–Trinajstić information content (AvgIpc) is 2.49. The molecule has 2 aliphatic carbocycles. The van der Waals surface area contributed by atoms with Gasteiger partial charge in [0.1, 0.15) is 0 Å². The highest BCUT2D eigenvalue weighted by molar-refractivity contribution is 7.92. The number of rotatable bonds is 2. The average molecular weight is 306 g/mol. The predicted molar refractivity (Wildman–Crippen MR) is 82.7 cm³/mol. The van der Waals surface area contributed by atoms with E-state index in [1.807, 2.05) is 6.07 Å². The van der Waals surface area contributed by atoms with E-state index < -0.39 is 20.7 Å². The lowest BCUT2D eigenvalue weighted by Gasteiger charge is -2.48. The molecule has 3 atom stereocenters. The summed E-state index contributed by atoms with van der Waals surface area (Å²) in [6.07, 6.45) is 4.53. The Labute approximate surface area is 126 Å². The van der Waals surface area contributed by atoms with Gasteiger partial charge in [-0.2, -0.15) is 0 Å². The van der Waals surface area contributed by atoms with Crippen molar-refractivity contribution >= 4 is 9.84 Å². The van der Waals surface area contributed by atoms with Crippen molar-refractivity contribution in [2.75, 3.05) is 0 Å². The minimum Gasteiger partial charge on any atom is -0.385 e. The molecule has 3 nitrogen and oxygen atoms in total. The topological polar surface area (TPSA) is 54.4 Å². The largest absolute Gasteiger partial charge is 0.385 e. The molecule has 0 radical (unpaired) electrons. The predicted octanol–water partition coefficient (Wildman–Crippen LogP) is 3.10. The molecule has 3 rings (SSSR count). The van der Waals surface area contributed by atoms with Gasteiger partial charge in [0.2, 0.25) is 0 Å². The molecule has 2 saturated carbocycles. The van der Waals surface area contributed by atoms with Crippen LogP contribution in [0.5, 0.6) is 0 Å². The van der Waals surface area contributed by atoms with Crippen LogP contribution in [-0.4, -0.2) is 24.4 Å². The first-order chi connectivity index (χ1) is 9.96. The van der Waals surface area contributed by atoms with Crippen LogP contribution < -0.4 is 0 Å². The van der Waals surface area contributed by atoms with Crippen molar-refractivity contribution in [1.82, 2.24) is 0 Å². The first-order valence-electron chi connectivity index (χ1n) is 7.66. The molecule has 0 aromatic heterocycles. The third-order valence-electron chi connectivity index (χ3n) is 5.20. The molecule has 0 spiro atoms. The summed E-state index contributed by atoms with van der Waals surface area (Å²) in [6, 6.07) is 8.63. The van der Waals surface area contributed by atoms with Gasteiger partial charge in [-0.05, 0) is 43.4 Å². The summed E-state index contributed by atoms with van der Waals surface area (Å²) in [5.74, 6) is -0.210. The number of hydrogen-bond acceptors (Lipinski definition) is 3. The van der Waals surface area contributed by atoms with Crippen LogP contribution in [0.3, 0.4) is 0 Å². The minimum absolute atomic E-state index is 0.210. The van der Waals surface area contributed by atoms with Gasteiger partial charge in [-0.25, -0.2) is 8.42 Å². The molecule has 2 aliphatic rings. The van der Waals surface area contributed by atoms with Gasteiger partial charge in [0.05, 0.1) is 15.7 Å². The zero-order chi connectivity index (χ0) is 15.1. The zero-order valence-electron chi connectivity index (χ0n) is 12.2. The highest BCUT2D eigenvalue weighted by atomic mass is 32.2. The van der Waals surface area contributed by atoms with Gasteiger partial charge in [0.15, 0.2) is 9.84 Å². The molecule has 2 fully saturated rings. The molecule has 21 heavy (non-hydrogen) atoms. The first kappa shape index (κ1) is 14.8. The molecule has 4 heteroatoms. The van der Waals surface area contributed by atoms with Crippen LogP contribution in [0.2, 0.25) is 0 Å². The summed E-state index contributed by atoms with van der Waals surface area (Å²) < 4.78 is 25.9. The van der Waals surface area contributed by atoms with E-state index in [1.54, 1.807) is 24.3 Å².